The maximum Gasteiger partial charge on any atom is 0.296 e. The maximum atomic E-state index is 12.4. The van der Waals surface area contributed by atoms with Crippen LogP contribution in [0.4, 0.5) is 34.4 Å². The van der Waals surface area contributed by atoms with E-state index in [2.05, 4.69) is 40.7 Å². The van der Waals surface area contributed by atoms with Crippen LogP contribution < -0.4 is 10.1 Å². The van der Waals surface area contributed by atoms with Gasteiger partial charge >= 0.3 is 0 Å². The van der Waals surface area contributed by atoms with Crippen LogP contribution in [0.3, 0.4) is 0 Å². The third-order valence-corrected chi connectivity index (χ3v) is 10.3. The summed E-state index contributed by atoms with van der Waals surface area (Å²) in [5, 5.41) is 19.4. The number of hydrogen-bond acceptors (Lipinski definition) is 15. The third-order valence-electron chi connectivity index (χ3n) is 7.30. The van der Waals surface area contributed by atoms with Crippen LogP contribution in [0.2, 0.25) is 10.6 Å². The second-order valence-electron chi connectivity index (χ2n) is 10.6. The Labute approximate surface area is 309 Å². The number of nitrogens with one attached hydrogen (secondary N) is 1. The fourth-order valence-electron chi connectivity index (χ4n) is 5.02. The normalized spacial score (nSPS) is 12.6. The molecule has 0 aliphatic carbocycles. The zero-order valence-electron chi connectivity index (χ0n) is 26.3. The molecular weight excluding hydrogens is 799 g/mol. The number of aromatic nitrogens is 3. The number of hydrogen-bond donors (Lipinski definition) is 4. The molecule has 0 aliphatic heterocycles. The lowest BCUT2D eigenvalue weighted by atomic mass is 10.1. The van der Waals surface area contributed by atoms with E-state index in [4.69, 9.17) is 27.9 Å². The van der Waals surface area contributed by atoms with Gasteiger partial charge in [0.15, 0.2) is 0 Å². The van der Waals surface area contributed by atoms with E-state index in [1.54, 1.807) is 0 Å². The molecule has 18 nitrogen and oxygen atoms in total. The van der Waals surface area contributed by atoms with Crippen molar-refractivity contribution in [2.75, 3.05) is 12.4 Å². The van der Waals surface area contributed by atoms with Crippen molar-refractivity contribution < 1.29 is 43.6 Å². The van der Waals surface area contributed by atoms with Gasteiger partial charge in [-0.15, -0.1) is 20.5 Å². The van der Waals surface area contributed by atoms with E-state index in [1.807, 2.05) is 0 Å². The first kappa shape index (κ1) is 37.5. The zero-order valence-corrected chi connectivity index (χ0v) is 30.3. The van der Waals surface area contributed by atoms with Crippen LogP contribution in [-0.2, 0) is 30.4 Å². The van der Waals surface area contributed by atoms with Crippen LogP contribution >= 0.6 is 23.2 Å². The lowest BCUT2D eigenvalue weighted by molar-refractivity contribution is 0.412. The number of halogens is 2. The van der Waals surface area contributed by atoms with Gasteiger partial charge in [-0.3, -0.25) is 13.7 Å². The first-order valence-electron chi connectivity index (χ1n) is 14.3. The molecule has 0 fully saturated rings. The second kappa shape index (κ2) is 14.3. The fourth-order valence-corrected chi connectivity index (χ4v) is 7.26. The first-order chi connectivity index (χ1) is 24.9. The number of nitrogens with zero attached hydrogens (tertiary/aromatic N) is 7. The maximum absolute atomic E-state index is 12.4. The van der Waals surface area contributed by atoms with Crippen molar-refractivity contribution in [1.29, 1.82) is 0 Å². The molecule has 5 aromatic carbocycles. The Hall–Kier alpha value is -5.26. The van der Waals surface area contributed by atoms with Gasteiger partial charge in [0.05, 0.1) is 34.8 Å². The third kappa shape index (κ3) is 8.21. The molecule has 0 aliphatic rings. The molecule has 272 valence electrons. The number of azo groups is 2. The number of benzene rings is 5. The highest BCUT2D eigenvalue weighted by Crippen LogP contribution is 2.41. The lowest BCUT2D eigenvalue weighted by Gasteiger charge is -2.13. The number of rotatable bonds is 10. The minimum atomic E-state index is -4.81. The van der Waals surface area contributed by atoms with Gasteiger partial charge in [-0.2, -0.15) is 40.2 Å². The Balaban J connectivity index is 1.49. The van der Waals surface area contributed by atoms with E-state index >= 15 is 0 Å². The van der Waals surface area contributed by atoms with Crippen LogP contribution in [0.5, 0.6) is 5.75 Å². The summed E-state index contributed by atoms with van der Waals surface area (Å²) in [4.78, 5) is 9.89. The number of methoxy groups -OCH3 is 1. The Bertz CT molecular complexity index is 2860. The van der Waals surface area contributed by atoms with Crippen molar-refractivity contribution in [1.82, 2.24) is 15.0 Å². The molecule has 1 heterocycles. The van der Waals surface area contributed by atoms with Crippen LogP contribution in [-0.4, -0.2) is 61.0 Å². The van der Waals surface area contributed by atoms with Gasteiger partial charge in [-0.25, -0.2) is 0 Å². The summed E-state index contributed by atoms with van der Waals surface area (Å²) in [5.41, 5.74) is 0.0781. The van der Waals surface area contributed by atoms with E-state index < -0.39 is 45.0 Å². The highest BCUT2D eigenvalue weighted by molar-refractivity contribution is 7.86. The van der Waals surface area contributed by atoms with Crippen molar-refractivity contribution >= 4 is 109 Å². The van der Waals surface area contributed by atoms with Gasteiger partial charge < -0.3 is 10.1 Å². The van der Waals surface area contributed by atoms with Crippen molar-refractivity contribution in [3.63, 3.8) is 0 Å². The van der Waals surface area contributed by atoms with Gasteiger partial charge in [-0.05, 0) is 77.8 Å². The Morgan fingerprint density at radius 3 is 1.77 bits per heavy atom. The molecule has 0 radical (unpaired) electrons. The summed E-state index contributed by atoms with van der Waals surface area (Å²) >= 11 is 11.8. The summed E-state index contributed by atoms with van der Waals surface area (Å²) in [6.45, 7) is 0. The quantitative estimate of drug-likeness (QED) is 0.0758. The predicted molar refractivity (Wildman–Crippen MR) is 192 cm³/mol. The minimum Gasteiger partial charge on any atom is -0.497 e. The average Bonchev–Trinajstić information content (AvgIpc) is 3.08. The van der Waals surface area contributed by atoms with E-state index in [9.17, 15) is 38.9 Å². The molecule has 1 aromatic heterocycles. The van der Waals surface area contributed by atoms with E-state index in [-0.39, 0.29) is 72.2 Å². The summed E-state index contributed by atoms with van der Waals surface area (Å²) < 4.78 is 108. The van der Waals surface area contributed by atoms with Crippen molar-refractivity contribution in [3.8, 4) is 5.75 Å². The molecule has 0 spiro atoms. The highest BCUT2D eigenvalue weighted by atomic mass is 35.5. The zero-order chi connectivity index (χ0) is 38.3. The average molecular weight is 820 g/mol. The topological polar surface area (TPSA) is 272 Å². The Morgan fingerprint density at radius 1 is 0.604 bits per heavy atom. The summed E-state index contributed by atoms with van der Waals surface area (Å²) in [7, 11) is -13.0. The van der Waals surface area contributed by atoms with Crippen LogP contribution in [0.25, 0.3) is 21.5 Å². The van der Waals surface area contributed by atoms with Crippen LogP contribution in [0, 0.1) is 0 Å². The molecule has 4 N–H and O–H groups in total. The summed E-state index contributed by atoms with van der Waals surface area (Å²) in [6, 6.07) is 16.8. The molecule has 0 saturated carbocycles. The molecule has 0 saturated heterocycles. The Morgan fingerprint density at radius 2 is 1.17 bits per heavy atom. The van der Waals surface area contributed by atoms with Crippen LogP contribution in [0.1, 0.15) is 0 Å². The van der Waals surface area contributed by atoms with Crippen molar-refractivity contribution in [3.05, 3.63) is 89.4 Å². The van der Waals surface area contributed by atoms with E-state index in [0.29, 0.717) is 0 Å². The highest BCUT2D eigenvalue weighted by Gasteiger charge is 2.21. The van der Waals surface area contributed by atoms with Gasteiger partial charge in [0.1, 0.15) is 21.2 Å². The summed E-state index contributed by atoms with van der Waals surface area (Å²) in [6.07, 6.45) is 0. The minimum absolute atomic E-state index is 0.0447. The lowest BCUT2D eigenvalue weighted by Crippen LogP contribution is -2.03. The Kier molecular flexibility index (Phi) is 10.1. The summed E-state index contributed by atoms with van der Waals surface area (Å²) in [5.74, 6) is -0.0182. The van der Waals surface area contributed by atoms with Gasteiger partial charge in [0.2, 0.25) is 16.5 Å². The molecule has 0 unspecified atom stereocenters. The van der Waals surface area contributed by atoms with Gasteiger partial charge in [-0.1, -0.05) is 18.2 Å². The fraction of sp³-hybridized carbons (Fsp3) is 0.0333. The largest absolute Gasteiger partial charge is 0.497 e. The second-order valence-corrected chi connectivity index (χ2v) is 15.5. The van der Waals surface area contributed by atoms with Crippen molar-refractivity contribution in [2.45, 2.75) is 14.7 Å². The molecule has 23 heteroatoms. The molecule has 0 amide bonds. The standard InChI is InChI=1S/C30H20Cl2N8O10S3/c1-50-15-5-8-23(26(13-15)53(47,48)49)40-37-20-9-10-22(19-14-16(51(41,42)43)6-7-17(19)20)39-38-21-11-12-24(33-30-35-28(31)34-29(32)36-30)27-18(21)3-2-4-25(27)52(44,45)46/h2-14H,1H3,(H,41,42,43)(H,44,45,46)(H,47,48,49)(H,33,34,35,36). The first-order valence-corrected chi connectivity index (χ1v) is 19.4. The molecule has 0 bridgehead atoms. The molecule has 6 rings (SSSR count). The van der Waals surface area contributed by atoms with Gasteiger partial charge in [0, 0.05) is 27.6 Å². The number of fused-ring (bicyclic) bond motifs is 2. The van der Waals surface area contributed by atoms with Gasteiger partial charge in [0.25, 0.3) is 30.4 Å². The molecule has 6 aromatic rings. The SMILES string of the molecule is COc1ccc(N=Nc2ccc(N=Nc3ccc(Nc4nc(Cl)nc(Cl)n4)c4c(S(=O)(=O)O)cccc34)c3cc(S(=O)(=O)O)ccc23)c(S(=O)(=O)O)c1. The van der Waals surface area contributed by atoms with Crippen LogP contribution in [0.15, 0.2) is 114 Å². The van der Waals surface area contributed by atoms with Crippen molar-refractivity contribution in [2.24, 2.45) is 20.5 Å². The molecule has 53 heavy (non-hydrogen) atoms. The smallest absolute Gasteiger partial charge is 0.296 e. The molecular formula is C30H20Cl2N8O10S3. The number of ether oxygens (including phenoxy) is 1. The molecule has 0 atom stereocenters. The van der Waals surface area contributed by atoms with E-state index in [1.165, 1.54) is 61.7 Å². The predicted octanol–water partition coefficient (Wildman–Crippen LogP) is 7.81. The number of anilines is 2. The monoisotopic (exact) mass is 818 g/mol. The van der Waals surface area contributed by atoms with E-state index in [0.717, 1.165) is 24.3 Å².